The molecule has 2 heterocycles. The van der Waals surface area contributed by atoms with Crippen LogP contribution in [0.2, 0.25) is 0 Å². The van der Waals surface area contributed by atoms with Crippen molar-refractivity contribution in [2.75, 3.05) is 13.6 Å². The van der Waals surface area contributed by atoms with Crippen LogP contribution in [-0.4, -0.2) is 34.3 Å². The third kappa shape index (κ3) is 3.22. The largest absolute Gasteiger partial charge is 0.303 e. The summed E-state index contributed by atoms with van der Waals surface area (Å²) < 4.78 is 2.80. The minimum atomic E-state index is -0.0668. The summed E-state index contributed by atoms with van der Waals surface area (Å²) in [5.74, 6) is 0. The average Bonchev–Trinajstić information content (AvgIpc) is 2.37. The van der Waals surface area contributed by atoms with Crippen molar-refractivity contribution < 1.29 is 0 Å². The predicted molar refractivity (Wildman–Crippen MR) is 78.8 cm³/mol. The van der Waals surface area contributed by atoms with Crippen molar-refractivity contribution in [2.24, 2.45) is 0 Å². The minimum absolute atomic E-state index is 0.0668. The van der Waals surface area contributed by atoms with Gasteiger partial charge in [-0.05, 0) is 64.7 Å². The van der Waals surface area contributed by atoms with Gasteiger partial charge in [0.2, 0.25) is 0 Å². The molecule has 1 aliphatic heterocycles. The smallest absolute Gasteiger partial charge is 0.282 e. The number of aromatic nitrogens is 2. The Bertz CT molecular complexity index is 475. The highest BCUT2D eigenvalue weighted by Gasteiger charge is 2.19. The molecule has 2 rings (SSSR count). The molecule has 1 atom stereocenters. The maximum Gasteiger partial charge on any atom is 0.282 e. The molecule has 1 aromatic heterocycles. The highest BCUT2D eigenvalue weighted by Crippen LogP contribution is 2.19. The van der Waals surface area contributed by atoms with E-state index in [4.69, 9.17) is 0 Å². The Morgan fingerprint density at radius 2 is 2.22 bits per heavy atom. The summed E-state index contributed by atoms with van der Waals surface area (Å²) in [6.45, 7) is 1.84. The van der Waals surface area contributed by atoms with Crippen LogP contribution in [0.15, 0.2) is 19.9 Å². The molecule has 0 aromatic carbocycles. The van der Waals surface area contributed by atoms with E-state index < -0.39 is 0 Å². The van der Waals surface area contributed by atoms with E-state index in [1.807, 2.05) is 0 Å². The van der Waals surface area contributed by atoms with Gasteiger partial charge in [-0.25, -0.2) is 4.68 Å². The van der Waals surface area contributed by atoms with E-state index >= 15 is 0 Å². The van der Waals surface area contributed by atoms with E-state index in [1.165, 1.54) is 23.9 Å². The van der Waals surface area contributed by atoms with Gasteiger partial charge in [-0.3, -0.25) is 4.79 Å². The van der Waals surface area contributed by atoms with Gasteiger partial charge in [-0.2, -0.15) is 5.10 Å². The lowest BCUT2D eigenvalue weighted by Gasteiger charge is -2.32. The second-order valence-corrected chi connectivity index (χ2v) is 6.40. The number of halogens is 2. The normalized spacial score (nSPS) is 21.2. The van der Waals surface area contributed by atoms with Crippen LogP contribution in [-0.2, 0) is 6.54 Å². The lowest BCUT2D eigenvalue weighted by molar-refractivity contribution is 0.169. The van der Waals surface area contributed by atoms with E-state index in [2.05, 4.69) is 48.9 Å². The Morgan fingerprint density at radius 1 is 1.44 bits per heavy atom. The zero-order chi connectivity index (χ0) is 13.1. The Balaban J connectivity index is 2.02. The fourth-order valence-corrected chi connectivity index (χ4v) is 2.95. The Morgan fingerprint density at radius 3 is 2.94 bits per heavy atom. The van der Waals surface area contributed by atoms with Crippen LogP contribution >= 0.6 is 31.9 Å². The average molecular weight is 379 g/mol. The molecule has 0 saturated carbocycles. The molecule has 1 aromatic rings. The fraction of sp³-hybridized carbons (Fsp3) is 0.667. The maximum absolute atomic E-state index is 12.0. The molecule has 0 spiro atoms. The van der Waals surface area contributed by atoms with E-state index in [9.17, 15) is 4.79 Å². The Hall–Kier alpha value is -0.200. The van der Waals surface area contributed by atoms with Crippen molar-refractivity contribution >= 4 is 31.9 Å². The molecule has 4 nitrogen and oxygen atoms in total. The first-order valence-corrected chi connectivity index (χ1v) is 7.79. The van der Waals surface area contributed by atoms with Gasteiger partial charge in [0.1, 0.15) is 4.47 Å². The van der Waals surface area contributed by atoms with Crippen LogP contribution in [0.25, 0.3) is 0 Å². The van der Waals surface area contributed by atoms with Crippen molar-refractivity contribution in [1.82, 2.24) is 14.7 Å². The van der Waals surface area contributed by atoms with Crippen LogP contribution in [0.3, 0.4) is 0 Å². The van der Waals surface area contributed by atoms with Crippen LogP contribution in [0.4, 0.5) is 0 Å². The summed E-state index contributed by atoms with van der Waals surface area (Å²) in [6, 6.07) is 0.579. The number of piperidine rings is 1. The number of hydrogen-bond acceptors (Lipinski definition) is 3. The van der Waals surface area contributed by atoms with Gasteiger partial charge in [0.05, 0.1) is 10.7 Å². The molecule has 18 heavy (non-hydrogen) atoms. The number of aryl methyl sites for hydroxylation is 1. The van der Waals surface area contributed by atoms with Gasteiger partial charge < -0.3 is 4.90 Å². The maximum atomic E-state index is 12.0. The molecule has 1 unspecified atom stereocenters. The quantitative estimate of drug-likeness (QED) is 0.811. The fourth-order valence-electron chi connectivity index (χ4n) is 2.38. The van der Waals surface area contributed by atoms with Crippen molar-refractivity contribution in [3.05, 3.63) is 25.5 Å². The second-order valence-electron chi connectivity index (χ2n) is 4.75. The number of likely N-dealkylation sites (tertiary alicyclic amines) is 1. The summed E-state index contributed by atoms with van der Waals surface area (Å²) in [5.41, 5.74) is -0.0668. The highest BCUT2D eigenvalue weighted by molar-refractivity contribution is 9.13. The summed E-state index contributed by atoms with van der Waals surface area (Å²) in [6.07, 6.45) is 6.45. The van der Waals surface area contributed by atoms with Gasteiger partial charge in [-0.1, -0.05) is 6.42 Å². The van der Waals surface area contributed by atoms with Crippen LogP contribution in [0, 0.1) is 0 Å². The first-order chi connectivity index (χ1) is 8.59. The van der Waals surface area contributed by atoms with E-state index in [1.54, 1.807) is 6.20 Å². The molecule has 0 amide bonds. The van der Waals surface area contributed by atoms with Crippen molar-refractivity contribution in [1.29, 1.82) is 0 Å². The Labute approximate surface area is 124 Å². The van der Waals surface area contributed by atoms with Crippen LogP contribution in [0.1, 0.15) is 25.7 Å². The standard InChI is InChI=1S/C12H17Br2N3O/c1-16-6-3-2-4-9(16)5-7-17-12(18)11(14)10(13)8-15-17/h8-9H,2-7H2,1H3. The minimum Gasteiger partial charge on any atom is -0.303 e. The Kier molecular flexibility index (Phi) is 4.98. The molecule has 6 heteroatoms. The lowest BCUT2D eigenvalue weighted by Crippen LogP contribution is -2.37. The molecule has 1 aliphatic rings. The first kappa shape index (κ1) is 14.2. The second kappa shape index (κ2) is 6.30. The summed E-state index contributed by atoms with van der Waals surface area (Å²) >= 11 is 6.56. The zero-order valence-electron chi connectivity index (χ0n) is 10.4. The molecule has 0 N–H and O–H groups in total. The third-order valence-electron chi connectivity index (χ3n) is 3.54. The van der Waals surface area contributed by atoms with E-state index in [-0.39, 0.29) is 5.56 Å². The van der Waals surface area contributed by atoms with Gasteiger partial charge in [0.25, 0.3) is 5.56 Å². The van der Waals surface area contributed by atoms with Gasteiger partial charge in [-0.15, -0.1) is 0 Å². The summed E-state index contributed by atoms with van der Waals surface area (Å²) in [4.78, 5) is 14.3. The van der Waals surface area contributed by atoms with Crippen molar-refractivity contribution in [3.63, 3.8) is 0 Å². The van der Waals surface area contributed by atoms with Crippen LogP contribution < -0.4 is 5.56 Å². The SMILES string of the molecule is CN1CCCCC1CCn1ncc(Br)c(Br)c1=O. The third-order valence-corrected chi connectivity index (χ3v) is 5.44. The van der Waals surface area contributed by atoms with E-state index in [0.29, 0.717) is 21.5 Å². The van der Waals surface area contributed by atoms with Gasteiger partial charge in [0.15, 0.2) is 0 Å². The summed E-state index contributed by atoms with van der Waals surface area (Å²) in [5, 5.41) is 4.16. The molecular weight excluding hydrogens is 362 g/mol. The monoisotopic (exact) mass is 377 g/mol. The topological polar surface area (TPSA) is 38.1 Å². The lowest BCUT2D eigenvalue weighted by atomic mass is 10.0. The van der Waals surface area contributed by atoms with Gasteiger partial charge in [0, 0.05) is 12.6 Å². The summed E-state index contributed by atoms with van der Waals surface area (Å²) in [7, 11) is 2.16. The molecule has 100 valence electrons. The molecular formula is C12H17Br2N3O. The molecule has 1 fully saturated rings. The van der Waals surface area contributed by atoms with E-state index in [0.717, 1.165) is 13.0 Å². The number of rotatable bonds is 3. The first-order valence-electron chi connectivity index (χ1n) is 6.21. The predicted octanol–water partition coefficient (Wildman–Crippen LogP) is 2.64. The molecule has 0 aliphatic carbocycles. The van der Waals surface area contributed by atoms with Crippen molar-refractivity contribution in [3.8, 4) is 0 Å². The zero-order valence-corrected chi connectivity index (χ0v) is 13.6. The molecule has 0 bridgehead atoms. The molecule has 1 saturated heterocycles. The molecule has 0 radical (unpaired) electrons. The van der Waals surface area contributed by atoms with Crippen molar-refractivity contribution in [2.45, 2.75) is 38.3 Å². The highest BCUT2D eigenvalue weighted by atomic mass is 79.9. The van der Waals surface area contributed by atoms with Gasteiger partial charge >= 0.3 is 0 Å². The number of hydrogen-bond donors (Lipinski definition) is 0. The van der Waals surface area contributed by atoms with Crippen LogP contribution in [0.5, 0.6) is 0 Å². The number of nitrogens with zero attached hydrogens (tertiary/aromatic N) is 3.